The fraction of sp³-hybridized carbons (Fsp3) is 0.778. The van der Waals surface area contributed by atoms with Crippen LogP contribution in [0, 0.1) is 35.0 Å². The Morgan fingerprint density at radius 1 is 1.00 bits per heavy atom. The zero-order valence-corrected chi connectivity index (χ0v) is 28.7. The van der Waals surface area contributed by atoms with E-state index >= 15 is 0 Å². The second-order valence-electron chi connectivity index (χ2n) is 15.6. The molecule has 1 heterocycles. The summed E-state index contributed by atoms with van der Waals surface area (Å²) in [6, 6.07) is -1.84. The number of nitrogens with zero attached hydrogens (tertiary/aromatic N) is 1. The zero-order chi connectivity index (χ0) is 33.7. The summed E-state index contributed by atoms with van der Waals surface area (Å²) >= 11 is 0. The van der Waals surface area contributed by atoms with E-state index in [1.54, 1.807) is 11.0 Å². The predicted molar refractivity (Wildman–Crippen MR) is 174 cm³/mol. The van der Waals surface area contributed by atoms with Crippen molar-refractivity contribution in [2.75, 3.05) is 6.54 Å². The molecule has 252 valence electrons. The summed E-state index contributed by atoms with van der Waals surface area (Å²) in [5.74, 6) is -2.31. The minimum absolute atomic E-state index is 0.0141. The van der Waals surface area contributed by atoms with E-state index in [4.69, 9.17) is 0 Å². The number of carbonyl (C=O) groups excluding carboxylic acids is 6. The summed E-state index contributed by atoms with van der Waals surface area (Å²) in [6.45, 7) is 17.7. The van der Waals surface area contributed by atoms with Gasteiger partial charge in [0.1, 0.15) is 11.8 Å². The van der Waals surface area contributed by atoms with Crippen molar-refractivity contribution in [2.24, 2.45) is 35.0 Å². The molecule has 9 nitrogen and oxygen atoms in total. The van der Waals surface area contributed by atoms with E-state index in [0.29, 0.717) is 25.8 Å². The Balaban J connectivity index is 1.80. The second-order valence-corrected chi connectivity index (χ2v) is 15.6. The van der Waals surface area contributed by atoms with Crippen LogP contribution in [0.1, 0.15) is 119 Å². The lowest BCUT2D eigenvalue weighted by molar-refractivity contribution is -0.144. The Morgan fingerprint density at radius 3 is 2.22 bits per heavy atom. The molecule has 3 rings (SSSR count). The van der Waals surface area contributed by atoms with E-state index < -0.39 is 41.1 Å². The highest BCUT2D eigenvalue weighted by molar-refractivity contribution is 6.38. The fourth-order valence-corrected chi connectivity index (χ4v) is 7.50. The molecule has 3 amide bonds. The van der Waals surface area contributed by atoms with Gasteiger partial charge >= 0.3 is 6.03 Å². The maximum atomic E-state index is 14.3. The van der Waals surface area contributed by atoms with Gasteiger partial charge < -0.3 is 15.5 Å². The first kappa shape index (κ1) is 36.6. The molecule has 0 spiro atoms. The van der Waals surface area contributed by atoms with Crippen LogP contribution in [0.2, 0.25) is 0 Å². The summed E-state index contributed by atoms with van der Waals surface area (Å²) in [7, 11) is 0. The monoisotopic (exact) mass is 627 g/mol. The number of amides is 3. The number of carbonyl (C=O) groups is 6. The molecular formula is C36H57N3O6. The van der Waals surface area contributed by atoms with Gasteiger partial charge in [-0.25, -0.2) is 4.79 Å². The summed E-state index contributed by atoms with van der Waals surface area (Å²) in [5.41, 5.74) is -0.593. The van der Waals surface area contributed by atoms with Gasteiger partial charge in [0.2, 0.25) is 11.7 Å². The summed E-state index contributed by atoms with van der Waals surface area (Å²) in [4.78, 5) is 81.4. The third-order valence-corrected chi connectivity index (χ3v) is 10.3. The molecule has 2 N–H and O–H groups in total. The van der Waals surface area contributed by atoms with Crippen LogP contribution in [0.3, 0.4) is 0 Å². The molecule has 0 bridgehead atoms. The Morgan fingerprint density at radius 2 is 1.64 bits per heavy atom. The highest BCUT2D eigenvalue weighted by atomic mass is 16.2. The quantitative estimate of drug-likeness (QED) is 0.170. The fourth-order valence-electron chi connectivity index (χ4n) is 7.50. The third kappa shape index (κ3) is 9.35. The van der Waals surface area contributed by atoms with Gasteiger partial charge in [0.05, 0.1) is 6.04 Å². The van der Waals surface area contributed by atoms with Gasteiger partial charge in [0, 0.05) is 43.2 Å². The number of rotatable bonds is 16. The van der Waals surface area contributed by atoms with Crippen molar-refractivity contribution in [3.63, 3.8) is 0 Å². The molecular weight excluding hydrogens is 570 g/mol. The van der Waals surface area contributed by atoms with Crippen LogP contribution in [-0.4, -0.2) is 64.1 Å². The normalized spacial score (nSPS) is 23.9. The molecule has 0 radical (unpaired) electrons. The number of likely N-dealkylation sites (tertiary alicyclic amines) is 1. The Hall–Kier alpha value is -2.84. The van der Waals surface area contributed by atoms with E-state index in [1.807, 2.05) is 34.6 Å². The van der Waals surface area contributed by atoms with Gasteiger partial charge in [-0.2, -0.15) is 0 Å². The van der Waals surface area contributed by atoms with Gasteiger partial charge in [0.15, 0.2) is 11.6 Å². The molecule has 45 heavy (non-hydrogen) atoms. The van der Waals surface area contributed by atoms with Crippen LogP contribution in [0.4, 0.5) is 4.79 Å². The highest BCUT2D eigenvalue weighted by Crippen LogP contribution is 2.65. The molecule has 0 aromatic rings. The highest BCUT2D eigenvalue weighted by Gasteiger charge is 2.69. The first-order valence-corrected chi connectivity index (χ1v) is 17.1. The van der Waals surface area contributed by atoms with Gasteiger partial charge in [-0.3, -0.25) is 24.0 Å². The number of nitrogens with one attached hydrogen (secondary N) is 2. The minimum atomic E-state index is -0.800. The first-order chi connectivity index (χ1) is 21.0. The number of hydrogen-bond acceptors (Lipinski definition) is 6. The van der Waals surface area contributed by atoms with Gasteiger partial charge in [-0.05, 0) is 76.0 Å². The van der Waals surface area contributed by atoms with Crippen LogP contribution in [0.15, 0.2) is 12.7 Å². The lowest BCUT2D eigenvalue weighted by atomic mass is 9.82. The summed E-state index contributed by atoms with van der Waals surface area (Å²) in [5, 5.41) is 5.89. The topological polar surface area (TPSA) is 130 Å². The van der Waals surface area contributed by atoms with E-state index in [1.165, 1.54) is 0 Å². The smallest absolute Gasteiger partial charge is 0.315 e. The van der Waals surface area contributed by atoms with Crippen molar-refractivity contribution in [1.82, 2.24) is 15.5 Å². The minimum Gasteiger partial charge on any atom is -0.334 e. The molecule has 0 aromatic carbocycles. The molecule has 3 aliphatic rings. The standard InChI is InChI=1S/C36H57N3O6/c1-9-10-15-24(32(43)27(41)19-14-18-26(40)22(2)3)20-28(42)31-29-25(36(29,7)8)21-39(31)33(44)30(23-16-12-11-13-17-23)37-34(45)38-35(4,5)6/h9,22-25,29-31H,1,10-21H2,2-8H3,(H2,37,38,45)/t24?,25-,29-,30-,31+/m0/s1. The van der Waals surface area contributed by atoms with Crippen LogP contribution in [-0.2, 0) is 24.0 Å². The molecule has 2 aliphatic carbocycles. The van der Waals surface area contributed by atoms with Crippen molar-refractivity contribution in [1.29, 1.82) is 0 Å². The zero-order valence-electron chi connectivity index (χ0n) is 28.7. The molecule has 5 atom stereocenters. The molecule has 1 unspecified atom stereocenters. The van der Waals surface area contributed by atoms with Crippen molar-refractivity contribution in [3.8, 4) is 0 Å². The summed E-state index contributed by atoms with van der Waals surface area (Å²) < 4.78 is 0. The van der Waals surface area contributed by atoms with Gasteiger partial charge in [-0.1, -0.05) is 53.0 Å². The number of fused-ring (bicyclic) bond motifs is 1. The predicted octanol–water partition coefficient (Wildman–Crippen LogP) is 5.59. The van der Waals surface area contributed by atoms with Crippen molar-refractivity contribution in [3.05, 3.63) is 12.7 Å². The molecule has 1 aliphatic heterocycles. The second kappa shape index (κ2) is 15.2. The van der Waals surface area contributed by atoms with Crippen molar-refractivity contribution >= 4 is 35.1 Å². The van der Waals surface area contributed by atoms with E-state index in [-0.39, 0.29) is 65.8 Å². The molecule has 2 saturated carbocycles. The van der Waals surface area contributed by atoms with Gasteiger partial charge in [0.25, 0.3) is 0 Å². The number of piperidine rings is 1. The summed E-state index contributed by atoms with van der Waals surface area (Å²) in [6.07, 6.45) is 7.63. The maximum absolute atomic E-state index is 14.3. The van der Waals surface area contributed by atoms with Crippen molar-refractivity contribution < 1.29 is 28.8 Å². The molecule has 1 saturated heterocycles. The van der Waals surface area contributed by atoms with E-state index in [2.05, 4.69) is 31.1 Å². The number of urea groups is 1. The van der Waals surface area contributed by atoms with Crippen LogP contribution in [0.25, 0.3) is 0 Å². The van der Waals surface area contributed by atoms with E-state index in [0.717, 1.165) is 32.1 Å². The number of hydrogen-bond donors (Lipinski definition) is 2. The van der Waals surface area contributed by atoms with Gasteiger partial charge in [-0.15, -0.1) is 6.58 Å². The SMILES string of the molecule is C=CCCC(CC(=O)[C@@H]1[C@@H]2[C@H](CN1C(=O)[C@@H](NC(=O)NC(C)(C)C)C1CCCCC1)C2(C)C)C(=O)C(=O)CCCC(=O)C(C)C. The third-order valence-electron chi connectivity index (χ3n) is 10.3. The van der Waals surface area contributed by atoms with Crippen molar-refractivity contribution in [2.45, 2.75) is 137 Å². The lowest BCUT2D eigenvalue weighted by Gasteiger charge is -2.37. The average molecular weight is 628 g/mol. The maximum Gasteiger partial charge on any atom is 0.315 e. The van der Waals surface area contributed by atoms with Crippen LogP contribution < -0.4 is 10.6 Å². The Bertz CT molecular complexity index is 1150. The largest absolute Gasteiger partial charge is 0.334 e. The lowest BCUT2D eigenvalue weighted by Crippen LogP contribution is -2.59. The first-order valence-electron chi connectivity index (χ1n) is 17.1. The molecule has 9 heteroatoms. The average Bonchev–Trinajstić information content (AvgIpc) is 3.28. The number of Topliss-reactive ketones (excluding diaryl/α,β-unsaturated/α-hetero) is 4. The van der Waals surface area contributed by atoms with Crippen LogP contribution >= 0.6 is 0 Å². The molecule has 0 aromatic heterocycles. The molecule has 3 fully saturated rings. The Kier molecular flexibility index (Phi) is 12.3. The van der Waals surface area contributed by atoms with Crippen LogP contribution in [0.5, 0.6) is 0 Å². The Labute approximate surface area is 270 Å². The number of allylic oxidation sites excluding steroid dienone is 1. The van der Waals surface area contributed by atoms with E-state index in [9.17, 15) is 28.8 Å². The number of ketones is 4.